The minimum Gasteiger partial charge on any atom is -0.507 e. The smallest absolute Gasteiger partial charge is 0.197 e. The van der Waals surface area contributed by atoms with Crippen LogP contribution < -0.4 is 4.74 Å². The van der Waals surface area contributed by atoms with Crippen molar-refractivity contribution < 1.29 is 24.1 Å². The molecule has 1 aromatic rings. The van der Waals surface area contributed by atoms with Crippen LogP contribution in [0.1, 0.15) is 40.4 Å². The van der Waals surface area contributed by atoms with Crippen molar-refractivity contribution in [1.82, 2.24) is 0 Å². The largest absolute Gasteiger partial charge is 0.507 e. The van der Waals surface area contributed by atoms with E-state index in [1.54, 1.807) is 13.8 Å². The lowest BCUT2D eigenvalue weighted by Gasteiger charge is -2.40. The second kappa shape index (κ2) is 5.31. The van der Waals surface area contributed by atoms with Crippen molar-refractivity contribution in [3.63, 3.8) is 0 Å². The molecule has 0 aliphatic carbocycles. The highest BCUT2D eigenvalue weighted by Gasteiger charge is 2.45. The topological polar surface area (TPSA) is 65.0 Å². The van der Waals surface area contributed by atoms with Gasteiger partial charge in [-0.1, -0.05) is 0 Å². The fourth-order valence-corrected chi connectivity index (χ4v) is 2.97. The molecule has 0 saturated carbocycles. The molecule has 1 heterocycles. The second-order valence-electron chi connectivity index (χ2n) is 5.75. The molecule has 0 radical (unpaired) electrons. The summed E-state index contributed by atoms with van der Waals surface area (Å²) in [6.45, 7) is 7.17. The van der Waals surface area contributed by atoms with Crippen molar-refractivity contribution in [3.8, 4) is 11.5 Å². The summed E-state index contributed by atoms with van der Waals surface area (Å²) in [6.07, 6.45) is -0.516. The normalized spacial score (nSPS) is 21.4. The highest BCUT2D eigenvalue weighted by molar-refractivity contribution is 6.03. The molecule has 1 atom stereocenters. The number of ketones is 1. The van der Waals surface area contributed by atoms with Gasteiger partial charge in [-0.15, -0.1) is 0 Å². The fourth-order valence-electron chi connectivity index (χ4n) is 2.97. The summed E-state index contributed by atoms with van der Waals surface area (Å²) in [5.74, 6) is 0.594. The van der Waals surface area contributed by atoms with Crippen molar-refractivity contribution in [2.24, 2.45) is 0 Å². The first kappa shape index (κ1) is 15.8. The van der Waals surface area contributed by atoms with Gasteiger partial charge in [-0.05, 0) is 38.8 Å². The van der Waals surface area contributed by atoms with Crippen LogP contribution in [0.4, 0.5) is 0 Å². The average molecular weight is 294 g/mol. The van der Waals surface area contributed by atoms with Gasteiger partial charge >= 0.3 is 0 Å². The Morgan fingerprint density at radius 3 is 2.24 bits per heavy atom. The van der Waals surface area contributed by atoms with E-state index in [4.69, 9.17) is 14.2 Å². The molecule has 1 N–H and O–H groups in total. The van der Waals surface area contributed by atoms with Crippen LogP contribution in [0, 0.1) is 20.8 Å². The summed E-state index contributed by atoms with van der Waals surface area (Å²) < 4.78 is 16.7. The zero-order chi connectivity index (χ0) is 15.9. The lowest BCUT2D eigenvalue weighted by molar-refractivity contribution is -0.198. The first-order chi connectivity index (χ1) is 9.76. The Morgan fingerprint density at radius 1 is 1.14 bits per heavy atom. The Kier molecular flexibility index (Phi) is 4.00. The van der Waals surface area contributed by atoms with Gasteiger partial charge in [-0.25, -0.2) is 0 Å². The molecule has 1 aliphatic rings. The minimum atomic E-state index is -0.895. The van der Waals surface area contributed by atoms with E-state index in [2.05, 4.69) is 0 Å². The van der Waals surface area contributed by atoms with Gasteiger partial charge in [0.15, 0.2) is 17.7 Å². The van der Waals surface area contributed by atoms with Crippen molar-refractivity contribution >= 4 is 5.78 Å². The zero-order valence-corrected chi connectivity index (χ0v) is 13.4. The highest BCUT2D eigenvalue weighted by atomic mass is 16.7. The number of carbonyl (C=O) groups excluding carboxylic acids is 1. The van der Waals surface area contributed by atoms with Gasteiger partial charge in [0.1, 0.15) is 11.5 Å². The molecule has 0 fully saturated rings. The number of phenols is 1. The van der Waals surface area contributed by atoms with Crippen LogP contribution in [-0.4, -0.2) is 37.0 Å². The third-order valence-electron chi connectivity index (χ3n) is 4.27. The molecular weight excluding hydrogens is 272 g/mol. The Bertz CT molecular complexity index is 589. The van der Waals surface area contributed by atoms with Gasteiger partial charge in [-0.2, -0.15) is 0 Å². The van der Waals surface area contributed by atoms with E-state index in [0.717, 1.165) is 11.1 Å². The molecule has 1 unspecified atom stereocenters. The summed E-state index contributed by atoms with van der Waals surface area (Å²) in [7, 11) is 3.03. The van der Waals surface area contributed by atoms with Crippen molar-refractivity contribution in [3.05, 3.63) is 22.3 Å². The Morgan fingerprint density at radius 2 is 1.71 bits per heavy atom. The van der Waals surface area contributed by atoms with Gasteiger partial charge in [-0.3, -0.25) is 4.79 Å². The number of hydrogen-bond acceptors (Lipinski definition) is 5. The summed E-state index contributed by atoms with van der Waals surface area (Å²) in [6, 6.07) is 0. The van der Waals surface area contributed by atoms with E-state index in [0.29, 0.717) is 16.9 Å². The summed E-state index contributed by atoms with van der Waals surface area (Å²) in [4.78, 5) is 12.6. The van der Waals surface area contributed by atoms with Crippen molar-refractivity contribution in [1.29, 1.82) is 0 Å². The Hall–Kier alpha value is -1.59. The molecule has 5 nitrogen and oxygen atoms in total. The fraction of sp³-hybridized carbons (Fsp3) is 0.562. The number of benzene rings is 1. The van der Waals surface area contributed by atoms with Crippen LogP contribution in [-0.2, 0) is 9.47 Å². The van der Waals surface area contributed by atoms with Crippen molar-refractivity contribution in [2.75, 3.05) is 14.2 Å². The first-order valence-corrected chi connectivity index (χ1v) is 6.87. The predicted molar refractivity (Wildman–Crippen MR) is 78.1 cm³/mol. The number of hydrogen-bond donors (Lipinski definition) is 1. The van der Waals surface area contributed by atoms with Crippen LogP contribution in [0.15, 0.2) is 0 Å². The molecule has 21 heavy (non-hydrogen) atoms. The summed E-state index contributed by atoms with van der Waals surface area (Å²) in [5, 5.41) is 10.1. The van der Waals surface area contributed by atoms with Gasteiger partial charge in [0.25, 0.3) is 0 Å². The monoisotopic (exact) mass is 294 g/mol. The lowest BCUT2D eigenvalue weighted by Crippen LogP contribution is -2.51. The molecule has 0 saturated heterocycles. The molecule has 1 aromatic carbocycles. The Labute approximate surface area is 124 Å². The summed E-state index contributed by atoms with van der Waals surface area (Å²) >= 11 is 0. The van der Waals surface area contributed by atoms with Gasteiger partial charge in [0, 0.05) is 19.8 Å². The number of Topliss-reactive ketones (excluding diaryl/α,β-unsaturated/α-hetero) is 1. The van der Waals surface area contributed by atoms with E-state index in [1.165, 1.54) is 14.2 Å². The molecule has 0 spiro atoms. The number of methoxy groups -OCH3 is 2. The standard InChI is InChI=1S/C16H22O5/c1-8-9(2)14-12(10(3)13(8)18)11(17)7-16(4,21-14)15(19-5)20-6/h15,18H,7H2,1-6H3. The lowest BCUT2D eigenvalue weighted by atomic mass is 9.86. The Balaban J connectivity index is 2.62. The number of rotatable bonds is 3. The molecule has 5 heteroatoms. The van der Waals surface area contributed by atoms with Crippen LogP contribution in [0.5, 0.6) is 11.5 Å². The van der Waals surface area contributed by atoms with E-state index in [1.807, 2.05) is 13.8 Å². The van der Waals surface area contributed by atoms with Gasteiger partial charge < -0.3 is 19.3 Å². The number of carbonyl (C=O) groups is 1. The van der Waals surface area contributed by atoms with Gasteiger partial charge in [0.2, 0.25) is 0 Å². The van der Waals surface area contributed by atoms with E-state index >= 15 is 0 Å². The van der Waals surface area contributed by atoms with E-state index in [-0.39, 0.29) is 18.0 Å². The quantitative estimate of drug-likeness (QED) is 0.868. The molecule has 0 bridgehead atoms. The number of fused-ring (bicyclic) bond motifs is 1. The highest BCUT2D eigenvalue weighted by Crippen LogP contribution is 2.44. The molecule has 116 valence electrons. The number of aromatic hydroxyl groups is 1. The average Bonchev–Trinajstić information content (AvgIpc) is 2.43. The maximum absolute atomic E-state index is 12.6. The zero-order valence-electron chi connectivity index (χ0n) is 13.4. The third-order valence-corrected chi connectivity index (χ3v) is 4.27. The number of ether oxygens (including phenoxy) is 3. The predicted octanol–water partition coefficient (Wildman–Crippen LogP) is 2.66. The molecular formula is C16H22O5. The van der Waals surface area contributed by atoms with Crippen LogP contribution in [0.2, 0.25) is 0 Å². The minimum absolute atomic E-state index is 0.0752. The maximum Gasteiger partial charge on any atom is 0.197 e. The third kappa shape index (κ3) is 2.30. The number of phenolic OH excluding ortho intramolecular Hbond substituents is 1. The van der Waals surface area contributed by atoms with Crippen LogP contribution >= 0.6 is 0 Å². The second-order valence-corrected chi connectivity index (χ2v) is 5.75. The van der Waals surface area contributed by atoms with Crippen LogP contribution in [0.25, 0.3) is 0 Å². The van der Waals surface area contributed by atoms with E-state index < -0.39 is 11.9 Å². The SMILES string of the molecule is COC(OC)C1(C)CC(=O)c2c(C)c(O)c(C)c(C)c2O1. The first-order valence-electron chi connectivity index (χ1n) is 6.87. The maximum atomic E-state index is 12.6. The molecule has 0 aromatic heterocycles. The molecule has 2 rings (SSSR count). The molecule has 1 aliphatic heterocycles. The van der Waals surface area contributed by atoms with Gasteiger partial charge in [0.05, 0.1) is 12.0 Å². The van der Waals surface area contributed by atoms with Crippen molar-refractivity contribution in [2.45, 2.75) is 46.0 Å². The van der Waals surface area contributed by atoms with Crippen LogP contribution in [0.3, 0.4) is 0 Å². The molecule has 0 amide bonds. The summed E-state index contributed by atoms with van der Waals surface area (Å²) in [5.41, 5.74) is 1.60. The van der Waals surface area contributed by atoms with E-state index in [9.17, 15) is 9.90 Å².